The summed E-state index contributed by atoms with van der Waals surface area (Å²) in [5.41, 5.74) is 0.198. The van der Waals surface area contributed by atoms with Gasteiger partial charge in [-0.05, 0) is 32.2 Å². The van der Waals surface area contributed by atoms with E-state index in [1.807, 2.05) is 0 Å². The van der Waals surface area contributed by atoms with Crippen molar-refractivity contribution in [3.05, 3.63) is 11.7 Å². The first-order valence-electron chi connectivity index (χ1n) is 5.35. The molecule has 4 heteroatoms. The van der Waals surface area contributed by atoms with E-state index in [1.165, 1.54) is 19.3 Å². The zero-order valence-corrected chi connectivity index (χ0v) is 8.42. The maximum absolute atomic E-state index is 5.30. The molecule has 3 rings (SSSR count). The minimum absolute atomic E-state index is 0.198. The fourth-order valence-corrected chi connectivity index (χ4v) is 1.93. The van der Waals surface area contributed by atoms with Gasteiger partial charge in [0.25, 0.3) is 0 Å². The molecule has 0 bridgehead atoms. The Morgan fingerprint density at radius 3 is 3.00 bits per heavy atom. The molecule has 76 valence electrons. The van der Waals surface area contributed by atoms with Gasteiger partial charge in [0.1, 0.15) is 0 Å². The van der Waals surface area contributed by atoms with Crippen molar-refractivity contribution in [3.8, 4) is 0 Å². The highest BCUT2D eigenvalue weighted by Crippen LogP contribution is 2.46. The molecule has 1 saturated carbocycles. The van der Waals surface area contributed by atoms with Gasteiger partial charge < -0.3 is 9.84 Å². The van der Waals surface area contributed by atoms with Crippen LogP contribution in [0.15, 0.2) is 4.52 Å². The molecule has 1 aliphatic heterocycles. The predicted molar refractivity (Wildman–Crippen MR) is 50.9 cm³/mol. The number of nitrogens with one attached hydrogen (secondary N) is 1. The first-order chi connectivity index (χ1) is 6.78. The minimum Gasteiger partial charge on any atom is -0.339 e. The van der Waals surface area contributed by atoms with E-state index in [-0.39, 0.29) is 5.41 Å². The molecule has 1 atom stereocenters. The average molecular weight is 193 g/mol. The molecule has 0 aromatic carbocycles. The van der Waals surface area contributed by atoms with Gasteiger partial charge in [0.05, 0.1) is 6.04 Å². The second-order valence-electron chi connectivity index (χ2n) is 4.67. The smallest absolute Gasteiger partial charge is 0.232 e. The summed E-state index contributed by atoms with van der Waals surface area (Å²) in [6.45, 7) is 3.26. The van der Waals surface area contributed by atoms with Crippen molar-refractivity contribution >= 4 is 0 Å². The molecule has 0 spiro atoms. The topological polar surface area (TPSA) is 51.0 Å². The van der Waals surface area contributed by atoms with Crippen molar-refractivity contribution in [3.63, 3.8) is 0 Å². The normalized spacial score (nSPS) is 29.4. The molecule has 2 heterocycles. The summed E-state index contributed by atoms with van der Waals surface area (Å²) in [7, 11) is 0. The molecule has 1 unspecified atom stereocenters. The quantitative estimate of drug-likeness (QED) is 0.774. The first-order valence-corrected chi connectivity index (χ1v) is 5.35. The van der Waals surface area contributed by atoms with E-state index in [1.54, 1.807) is 0 Å². The van der Waals surface area contributed by atoms with Crippen molar-refractivity contribution < 1.29 is 4.52 Å². The molecule has 2 aliphatic rings. The zero-order valence-electron chi connectivity index (χ0n) is 8.42. The lowest BCUT2D eigenvalue weighted by Gasteiger charge is -2.02. The van der Waals surface area contributed by atoms with Gasteiger partial charge in [-0.3, -0.25) is 0 Å². The summed E-state index contributed by atoms with van der Waals surface area (Å²) in [5.74, 6) is 1.69. The van der Waals surface area contributed by atoms with Crippen LogP contribution >= 0.6 is 0 Å². The second-order valence-corrected chi connectivity index (χ2v) is 4.67. The maximum atomic E-state index is 5.30. The maximum Gasteiger partial charge on any atom is 0.232 e. The van der Waals surface area contributed by atoms with Gasteiger partial charge in [0.2, 0.25) is 5.89 Å². The standard InChI is InChI=1S/C10H15N3O/c1-10(4-5-10)9-12-8(13-14-9)7-3-2-6-11-7/h7,11H,2-6H2,1H3. The van der Waals surface area contributed by atoms with Crippen LogP contribution in [0.2, 0.25) is 0 Å². The fourth-order valence-electron chi connectivity index (χ4n) is 1.93. The fraction of sp³-hybridized carbons (Fsp3) is 0.800. The summed E-state index contributed by atoms with van der Waals surface area (Å²) in [6, 6.07) is 0.329. The lowest BCUT2D eigenvalue weighted by molar-refractivity contribution is 0.345. The van der Waals surface area contributed by atoms with E-state index < -0.39 is 0 Å². The van der Waals surface area contributed by atoms with Gasteiger partial charge in [-0.1, -0.05) is 12.1 Å². The van der Waals surface area contributed by atoms with Crippen LogP contribution in [0.25, 0.3) is 0 Å². The molecule has 1 aromatic heterocycles. The Balaban J connectivity index is 1.82. The molecule has 0 radical (unpaired) electrons. The lowest BCUT2D eigenvalue weighted by Crippen LogP contribution is -2.14. The molecular formula is C10H15N3O. The molecular weight excluding hydrogens is 178 g/mol. The highest BCUT2D eigenvalue weighted by Gasteiger charge is 2.44. The summed E-state index contributed by atoms with van der Waals surface area (Å²) in [6.07, 6.45) is 4.72. The van der Waals surface area contributed by atoms with Crippen molar-refractivity contribution in [2.75, 3.05) is 6.54 Å². The molecule has 1 N–H and O–H groups in total. The minimum atomic E-state index is 0.198. The van der Waals surface area contributed by atoms with E-state index in [0.717, 1.165) is 24.7 Å². The Labute approximate surface area is 83.1 Å². The summed E-state index contributed by atoms with van der Waals surface area (Å²) < 4.78 is 5.30. The van der Waals surface area contributed by atoms with Crippen LogP contribution in [-0.2, 0) is 5.41 Å². The average Bonchev–Trinajstić information content (AvgIpc) is 2.73. The molecule has 1 aromatic rings. The SMILES string of the molecule is CC1(c2nc(C3CCCN3)no2)CC1. The monoisotopic (exact) mass is 193 g/mol. The Kier molecular flexibility index (Phi) is 1.68. The van der Waals surface area contributed by atoms with E-state index >= 15 is 0 Å². The van der Waals surface area contributed by atoms with Crippen molar-refractivity contribution in [2.45, 2.75) is 44.1 Å². The van der Waals surface area contributed by atoms with E-state index in [0.29, 0.717) is 6.04 Å². The van der Waals surface area contributed by atoms with Crippen LogP contribution in [-0.4, -0.2) is 16.7 Å². The van der Waals surface area contributed by atoms with E-state index in [4.69, 9.17) is 4.52 Å². The molecule has 0 amide bonds. The summed E-state index contributed by atoms with van der Waals surface area (Å²) >= 11 is 0. The van der Waals surface area contributed by atoms with Gasteiger partial charge in [0.15, 0.2) is 5.82 Å². The third-order valence-electron chi connectivity index (χ3n) is 3.33. The summed E-state index contributed by atoms with van der Waals surface area (Å²) in [5, 5.41) is 7.43. The van der Waals surface area contributed by atoms with Crippen LogP contribution in [0.5, 0.6) is 0 Å². The Morgan fingerprint density at radius 1 is 1.50 bits per heavy atom. The largest absolute Gasteiger partial charge is 0.339 e. The first kappa shape index (κ1) is 8.41. The third-order valence-corrected chi connectivity index (χ3v) is 3.33. The van der Waals surface area contributed by atoms with Crippen molar-refractivity contribution in [2.24, 2.45) is 0 Å². The molecule has 1 saturated heterocycles. The number of hydrogen-bond donors (Lipinski definition) is 1. The van der Waals surface area contributed by atoms with Crippen LogP contribution in [0.1, 0.15) is 50.4 Å². The predicted octanol–water partition coefficient (Wildman–Crippen LogP) is 1.55. The number of rotatable bonds is 2. The van der Waals surface area contributed by atoms with Gasteiger partial charge in [0, 0.05) is 5.41 Å². The number of aromatic nitrogens is 2. The zero-order chi connectivity index (χ0) is 9.60. The number of nitrogens with zero attached hydrogens (tertiary/aromatic N) is 2. The van der Waals surface area contributed by atoms with Crippen LogP contribution in [0.4, 0.5) is 0 Å². The Morgan fingerprint density at radius 2 is 2.36 bits per heavy atom. The van der Waals surface area contributed by atoms with Crippen LogP contribution in [0.3, 0.4) is 0 Å². The number of hydrogen-bond acceptors (Lipinski definition) is 4. The molecule has 1 aliphatic carbocycles. The van der Waals surface area contributed by atoms with Gasteiger partial charge >= 0.3 is 0 Å². The van der Waals surface area contributed by atoms with Gasteiger partial charge in [-0.25, -0.2) is 0 Å². The van der Waals surface area contributed by atoms with E-state index in [2.05, 4.69) is 22.4 Å². The molecule has 4 nitrogen and oxygen atoms in total. The van der Waals surface area contributed by atoms with Crippen LogP contribution < -0.4 is 5.32 Å². The third kappa shape index (κ3) is 1.25. The highest BCUT2D eigenvalue weighted by atomic mass is 16.5. The lowest BCUT2D eigenvalue weighted by atomic mass is 10.1. The van der Waals surface area contributed by atoms with Crippen LogP contribution in [0, 0.1) is 0 Å². The Bertz CT molecular complexity index is 337. The summed E-state index contributed by atoms with van der Waals surface area (Å²) in [4.78, 5) is 4.49. The van der Waals surface area contributed by atoms with Gasteiger partial charge in [-0.15, -0.1) is 0 Å². The molecule has 14 heavy (non-hydrogen) atoms. The van der Waals surface area contributed by atoms with Crippen molar-refractivity contribution in [1.82, 2.24) is 15.5 Å². The Hall–Kier alpha value is -0.900. The molecule has 2 fully saturated rings. The van der Waals surface area contributed by atoms with Gasteiger partial charge in [-0.2, -0.15) is 4.98 Å². The van der Waals surface area contributed by atoms with E-state index in [9.17, 15) is 0 Å². The van der Waals surface area contributed by atoms with Crippen molar-refractivity contribution in [1.29, 1.82) is 0 Å². The highest BCUT2D eigenvalue weighted by molar-refractivity contribution is 5.13. The second kappa shape index (κ2) is 2.79.